The number of aliphatic hydroxyl groups is 1. The van der Waals surface area contributed by atoms with Crippen molar-refractivity contribution in [3.63, 3.8) is 0 Å². The summed E-state index contributed by atoms with van der Waals surface area (Å²) >= 11 is 3.40. The van der Waals surface area contributed by atoms with E-state index in [1.165, 1.54) is 12.1 Å². The Morgan fingerprint density at radius 2 is 2.12 bits per heavy atom. The summed E-state index contributed by atoms with van der Waals surface area (Å²) in [6.07, 6.45) is 0. The summed E-state index contributed by atoms with van der Waals surface area (Å²) in [5, 5.41) is 8.96. The zero-order chi connectivity index (χ0) is 12.1. The van der Waals surface area contributed by atoms with E-state index in [1.54, 1.807) is 6.07 Å². The van der Waals surface area contributed by atoms with E-state index in [2.05, 4.69) is 34.7 Å². The number of rotatable bonds is 5. The smallest absolute Gasteiger partial charge is 0.123 e. The lowest BCUT2D eigenvalue weighted by Gasteiger charge is -2.26. The molecule has 0 atom stereocenters. The molecule has 16 heavy (non-hydrogen) atoms. The Bertz CT molecular complexity index is 344. The van der Waals surface area contributed by atoms with Gasteiger partial charge in [-0.1, -0.05) is 15.9 Å². The summed E-state index contributed by atoms with van der Waals surface area (Å²) in [7, 11) is 0. The van der Waals surface area contributed by atoms with Crippen LogP contribution in [0.15, 0.2) is 22.7 Å². The molecule has 0 amide bonds. The Kier molecular flexibility index (Phi) is 5.38. The molecule has 0 fully saturated rings. The van der Waals surface area contributed by atoms with Crippen molar-refractivity contribution in [3.05, 3.63) is 34.1 Å². The van der Waals surface area contributed by atoms with Crippen molar-refractivity contribution >= 4 is 15.9 Å². The van der Waals surface area contributed by atoms with Crippen molar-refractivity contribution in [2.24, 2.45) is 0 Å². The highest BCUT2D eigenvalue weighted by Crippen LogP contribution is 2.20. The van der Waals surface area contributed by atoms with Gasteiger partial charge in [-0.15, -0.1) is 0 Å². The lowest BCUT2D eigenvalue weighted by atomic mass is 10.2. The number of benzene rings is 1. The molecule has 0 radical (unpaired) electrons. The minimum Gasteiger partial charge on any atom is -0.395 e. The normalized spacial score (nSPS) is 11.4. The summed E-state index contributed by atoms with van der Waals surface area (Å²) in [4.78, 5) is 2.10. The first-order valence-corrected chi connectivity index (χ1v) is 6.12. The Labute approximate surface area is 104 Å². The minimum absolute atomic E-state index is 0.116. The van der Waals surface area contributed by atoms with Gasteiger partial charge < -0.3 is 5.11 Å². The molecule has 0 aliphatic carbocycles. The monoisotopic (exact) mass is 289 g/mol. The number of halogens is 2. The third kappa shape index (κ3) is 3.85. The van der Waals surface area contributed by atoms with Crippen molar-refractivity contribution < 1.29 is 9.50 Å². The van der Waals surface area contributed by atoms with E-state index in [1.807, 2.05) is 0 Å². The van der Waals surface area contributed by atoms with E-state index < -0.39 is 0 Å². The maximum atomic E-state index is 13.1. The lowest BCUT2D eigenvalue weighted by Crippen LogP contribution is -2.33. The second kappa shape index (κ2) is 6.33. The van der Waals surface area contributed by atoms with Gasteiger partial charge in [0.2, 0.25) is 0 Å². The summed E-state index contributed by atoms with van der Waals surface area (Å²) in [5.74, 6) is -0.231. The molecule has 1 N–H and O–H groups in total. The molecule has 1 aromatic rings. The summed E-state index contributed by atoms with van der Waals surface area (Å²) in [5.41, 5.74) is 0.905. The molecule has 0 bridgehead atoms. The molecule has 2 nitrogen and oxygen atoms in total. The number of hydrogen-bond donors (Lipinski definition) is 1. The highest BCUT2D eigenvalue weighted by molar-refractivity contribution is 9.10. The van der Waals surface area contributed by atoms with Gasteiger partial charge >= 0.3 is 0 Å². The fourth-order valence-corrected chi connectivity index (χ4v) is 1.90. The van der Waals surface area contributed by atoms with Gasteiger partial charge in [-0.05, 0) is 37.6 Å². The molecule has 0 aliphatic rings. The SMILES string of the molecule is CC(C)N(CCO)Cc1cc(F)ccc1Br. The van der Waals surface area contributed by atoms with E-state index in [-0.39, 0.29) is 12.4 Å². The predicted octanol–water partition coefficient (Wildman–Crippen LogP) is 2.79. The summed E-state index contributed by atoms with van der Waals surface area (Å²) < 4.78 is 14.0. The summed E-state index contributed by atoms with van der Waals surface area (Å²) in [6, 6.07) is 4.99. The van der Waals surface area contributed by atoms with Gasteiger partial charge in [-0.25, -0.2) is 4.39 Å². The molecular weight excluding hydrogens is 273 g/mol. The molecule has 0 saturated carbocycles. The quantitative estimate of drug-likeness (QED) is 0.901. The Morgan fingerprint density at radius 1 is 1.44 bits per heavy atom. The first-order chi connectivity index (χ1) is 7.54. The van der Waals surface area contributed by atoms with Crippen molar-refractivity contribution in [1.82, 2.24) is 4.90 Å². The second-order valence-electron chi connectivity index (χ2n) is 4.02. The maximum Gasteiger partial charge on any atom is 0.123 e. The van der Waals surface area contributed by atoms with Gasteiger partial charge in [-0.2, -0.15) is 0 Å². The van der Waals surface area contributed by atoms with E-state index in [4.69, 9.17) is 5.11 Å². The number of nitrogens with zero attached hydrogens (tertiary/aromatic N) is 1. The van der Waals surface area contributed by atoms with Crippen LogP contribution < -0.4 is 0 Å². The zero-order valence-electron chi connectivity index (χ0n) is 9.58. The van der Waals surface area contributed by atoms with E-state index in [0.717, 1.165) is 10.0 Å². The van der Waals surface area contributed by atoms with Crippen molar-refractivity contribution in [1.29, 1.82) is 0 Å². The predicted molar refractivity (Wildman–Crippen MR) is 66.7 cm³/mol. The minimum atomic E-state index is -0.231. The van der Waals surface area contributed by atoms with Crippen molar-refractivity contribution in [3.8, 4) is 0 Å². The number of hydrogen-bond acceptors (Lipinski definition) is 2. The lowest BCUT2D eigenvalue weighted by molar-refractivity contribution is 0.159. The molecular formula is C12H17BrFNO. The molecule has 4 heteroatoms. The largest absolute Gasteiger partial charge is 0.395 e. The molecule has 0 saturated heterocycles. The fourth-order valence-electron chi connectivity index (χ4n) is 1.53. The first kappa shape index (κ1) is 13.6. The van der Waals surface area contributed by atoms with Gasteiger partial charge in [0.05, 0.1) is 6.61 Å². The molecule has 0 heterocycles. The third-order valence-electron chi connectivity index (χ3n) is 2.50. The van der Waals surface area contributed by atoms with Gasteiger partial charge in [0.15, 0.2) is 0 Å². The number of aliphatic hydroxyl groups excluding tert-OH is 1. The van der Waals surface area contributed by atoms with Crippen LogP contribution in [0.3, 0.4) is 0 Å². The van der Waals surface area contributed by atoms with Crippen molar-refractivity contribution in [2.75, 3.05) is 13.2 Å². The molecule has 1 aromatic carbocycles. The highest BCUT2D eigenvalue weighted by atomic mass is 79.9. The van der Waals surface area contributed by atoms with E-state index in [0.29, 0.717) is 19.1 Å². The standard InChI is InChI=1S/C12H17BrFNO/c1-9(2)15(5-6-16)8-10-7-11(14)3-4-12(10)13/h3-4,7,9,16H,5-6,8H2,1-2H3. The Morgan fingerprint density at radius 3 is 2.69 bits per heavy atom. The fraction of sp³-hybridized carbons (Fsp3) is 0.500. The molecule has 0 spiro atoms. The molecule has 90 valence electrons. The summed E-state index contributed by atoms with van der Waals surface area (Å²) in [6.45, 7) is 5.47. The maximum absolute atomic E-state index is 13.1. The van der Waals surface area contributed by atoms with Crippen LogP contribution in [0, 0.1) is 5.82 Å². The van der Waals surface area contributed by atoms with Crippen LogP contribution in [0.25, 0.3) is 0 Å². The van der Waals surface area contributed by atoms with Gasteiger partial charge in [0, 0.05) is 23.6 Å². The zero-order valence-corrected chi connectivity index (χ0v) is 11.2. The third-order valence-corrected chi connectivity index (χ3v) is 3.27. The van der Waals surface area contributed by atoms with Crippen LogP contribution in [-0.4, -0.2) is 29.2 Å². The van der Waals surface area contributed by atoms with Crippen molar-refractivity contribution in [2.45, 2.75) is 26.4 Å². The van der Waals surface area contributed by atoms with E-state index >= 15 is 0 Å². The average Bonchev–Trinajstić information content (AvgIpc) is 2.22. The molecule has 0 aliphatic heterocycles. The first-order valence-electron chi connectivity index (χ1n) is 5.33. The topological polar surface area (TPSA) is 23.5 Å². The van der Waals surface area contributed by atoms with Gasteiger partial charge in [-0.3, -0.25) is 4.90 Å². The van der Waals surface area contributed by atoms with Crippen LogP contribution in [0.2, 0.25) is 0 Å². The van der Waals surface area contributed by atoms with Crippen LogP contribution in [0.4, 0.5) is 4.39 Å². The Balaban J connectivity index is 2.80. The van der Waals surface area contributed by atoms with Gasteiger partial charge in [0.25, 0.3) is 0 Å². The highest BCUT2D eigenvalue weighted by Gasteiger charge is 2.11. The second-order valence-corrected chi connectivity index (χ2v) is 4.88. The van der Waals surface area contributed by atoms with Crippen LogP contribution in [0.5, 0.6) is 0 Å². The van der Waals surface area contributed by atoms with Crippen LogP contribution in [-0.2, 0) is 6.54 Å². The molecule has 1 rings (SSSR count). The average molecular weight is 290 g/mol. The van der Waals surface area contributed by atoms with Crippen LogP contribution in [0.1, 0.15) is 19.4 Å². The van der Waals surface area contributed by atoms with Crippen LogP contribution >= 0.6 is 15.9 Å². The molecule has 0 unspecified atom stereocenters. The molecule has 0 aromatic heterocycles. The Hall–Kier alpha value is -0.450. The van der Waals surface area contributed by atoms with Gasteiger partial charge in [0.1, 0.15) is 5.82 Å². The van der Waals surface area contributed by atoms with E-state index in [9.17, 15) is 4.39 Å².